The van der Waals surface area contributed by atoms with E-state index in [4.69, 9.17) is 11.6 Å². The first-order chi connectivity index (χ1) is 15.7. The predicted octanol–water partition coefficient (Wildman–Crippen LogP) is 5.75. The Morgan fingerprint density at radius 1 is 1.06 bits per heavy atom. The number of benzene rings is 3. The molecule has 0 amide bonds. The molecule has 5 heteroatoms. The fourth-order valence-corrected chi connectivity index (χ4v) is 4.05. The van der Waals surface area contributed by atoms with Gasteiger partial charge in [0.25, 0.3) is 0 Å². The molecule has 1 atom stereocenters. The summed E-state index contributed by atoms with van der Waals surface area (Å²) in [7, 11) is 0. The molecule has 0 saturated heterocycles. The number of aryl methyl sites for hydroxylation is 1. The molecule has 0 aliphatic rings. The molecule has 164 valence electrons. The van der Waals surface area contributed by atoms with Crippen molar-refractivity contribution in [2.24, 2.45) is 0 Å². The largest absolute Gasteiger partial charge is 0.481 e. The third kappa shape index (κ3) is 4.90. The maximum Gasteiger partial charge on any atom is 0.307 e. The molecule has 33 heavy (non-hydrogen) atoms. The summed E-state index contributed by atoms with van der Waals surface area (Å²) in [5, 5.41) is 22.9. The molecule has 3 aromatic carbocycles. The average Bonchev–Trinajstić information content (AvgIpc) is 2.79. The van der Waals surface area contributed by atoms with E-state index in [9.17, 15) is 15.0 Å². The van der Waals surface area contributed by atoms with Crippen LogP contribution in [0.3, 0.4) is 0 Å². The Bertz CT molecular complexity index is 1400. The van der Waals surface area contributed by atoms with Crippen LogP contribution in [0.5, 0.6) is 0 Å². The van der Waals surface area contributed by atoms with Crippen molar-refractivity contribution >= 4 is 28.3 Å². The van der Waals surface area contributed by atoms with Gasteiger partial charge in [0.2, 0.25) is 0 Å². The highest BCUT2D eigenvalue weighted by Crippen LogP contribution is 2.36. The van der Waals surface area contributed by atoms with Crippen molar-refractivity contribution in [3.8, 4) is 23.0 Å². The Kier molecular flexibility index (Phi) is 6.20. The molecule has 1 unspecified atom stereocenters. The Morgan fingerprint density at radius 3 is 2.42 bits per heavy atom. The molecule has 0 aliphatic heterocycles. The summed E-state index contributed by atoms with van der Waals surface area (Å²) in [6.07, 6.45) is 3.14. The molecular weight excluding hydrogens is 434 g/mol. The zero-order valence-electron chi connectivity index (χ0n) is 18.3. The van der Waals surface area contributed by atoms with Crippen LogP contribution in [0, 0.1) is 18.8 Å². The van der Waals surface area contributed by atoms with Crippen LogP contribution >= 0.6 is 11.6 Å². The lowest BCUT2D eigenvalue weighted by molar-refractivity contribution is -0.136. The number of carbonyl (C=O) groups is 1. The van der Waals surface area contributed by atoms with Crippen LogP contribution in [0.2, 0.25) is 5.02 Å². The van der Waals surface area contributed by atoms with Crippen LogP contribution < -0.4 is 0 Å². The Balaban J connectivity index is 1.90. The highest BCUT2D eigenvalue weighted by molar-refractivity contribution is 6.30. The first-order valence-electron chi connectivity index (χ1n) is 10.4. The van der Waals surface area contributed by atoms with Crippen molar-refractivity contribution in [2.75, 3.05) is 0 Å². The quantitative estimate of drug-likeness (QED) is 0.384. The molecule has 0 radical (unpaired) electrons. The molecule has 0 spiro atoms. The van der Waals surface area contributed by atoms with Gasteiger partial charge in [-0.15, -0.1) is 0 Å². The highest BCUT2D eigenvalue weighted by atomic mass is 35.5. The van der Waals surface area contributed by atoms with Gasteiger partial charge in [-0.2, -0.15) is 0 Å². The average molecular weight is 456 g/mol. The standard InChI is InChI=1S/C28H22ClNO3/c1-18-15-21-4-3-19(9-12-28(2,33)22-10-13-30-14-11-22)16-25(21)27(24(18)17-26(31)32)20-5-7-23(29)8-6-20/h3-8,10-11,13-16,33H,17H2,1-2H3,(H,31,32). The fourth-order valence-electron chi connectivity index (χ4n) is 3.92. The topological polar surface area (TPSA) is 70.4 Å². The van der Waals surface area contributed by atoms with Gasteiger partial charge in [0.1, 0.15) is 5.60 Å². The van der Waals surface area contributed by atoms with E-state index in [1.807, 2.05) is 43.3 Å². The molecule has 4 rings (SSSR count). The van der Waals surface area contributed by atoms with Crippen LogP contribution in [0.4, 0.5) is 0 Å². The summed E-state index contributed by atoms with van der Waals surface area (Å²) < 4.78 is 0. The van der Waals surface area contributed by atoms with E-state index in [0.29, 0.717) is 10.6 Å². The van der Waals surface area contributed by atoms with Crippen LogP contribution in [0.1, 0.15) is 29.2 Å². The summed E-state index contributed by atoms with van der Waals surface area (Å²) in [4.78, 5) is 15.6. The van der Waals surface area contributed by atoms with E-state index in [1.54, 1.807) is 43.6 Å². The number of nitrogens with zero attached hydrogens (tertiary/aromatic N) is 1. The maximum absolute atomic E-state index is 11.6. The number of pyridine rings is 1. The molecule has 0 fully saturated rings. The SMILES string of the molecule is Cc1cc2ccc(C#CC(C)(O)c3ccncc3)cc2c(-c2ccc(Cl)cc2)c1CC(=O)O. The number of halogens is 1. The van der Waals surface area contributed by atoms with Crippen LogP contribution in [0.25, 0.3) is 21.9 Å². The number of aromatic nitrogens is 1. The first-order valence-corrected chi connectivity index (χ1v) is 10.8. The van der Waals surface area contributed by atoms with Crippen molar-refractivity contribution in [3.05, 3.63) is 100 Å². The van der Waals surface area contributed by atoms with Gasteiger partial charge < -0.3 is 10.2 Å². The zero-order chi connectivity index (χ0) is 23.6. The molecule has 2 N–H and O–H groups in total. The van der Waals surface area contributed by atoms with E-state index < -0.39 is 11.6 Å². The number of aliphatic carboxylic acids is 1. The van der Waals surface area contributed by atoms with Gasteiger partial charge >= 0.3 is 5.97 Å². The molecular formula is C28H22ClNO3. The molecule has 4 aromatic rings. The molecule has 0 aliphatic carbocycles. The number of fused-ring (bicyclic) bond motifs is 1. The molecule has 1 heterocycles. The van der Waals surface area contributed by atoms with Gasteiger partial charge in [-0.3, -0.25) is 9.78 Å². The Hall–Kier alpha value is -3.65. The van der Waals surface area contributed by atoms with Gasteiger partial charge in [0, 0.05) is 23.0 Å². The molecule has 1 aromatic heterocycles. The smallest absolute Gasteiger partial charge is 0.307 e. The molecule has 0 saturated carbocycles. The Labute approximate surface area is 197 Å². The summed E-state index contributed by atoms with van der Waals surface area (Å²) in [6, 6.07) is 18.7. The van der Waals surface area contributed by atoms with E-state index in [1.165, 1.54) is 0 Å². The minimum absolute atomic E-state index is 0.0909. The Morgan fingerprint density at radius 2 is 1.76 bits per heavy atom. The number of hydrogen-bond acceptors (Lipinski definition) is 3. The predicted molar refractivity (Wildman–Crippen MR) is 131 cm³/mol. The summed E-state index contributed by atoms with van der Waals surface area (Å²) in [5.74, 6) is 5.14. The first kappa shape index (κ1) is 22.5. The normalized spacial score (nSPS) is 12.6. The second-order valence-corrected chi connectivity index (χ2v) is 8.55. The van der Waals surface area contributed by atoms with Gasteiger partial charge in [0.05, 0.1) is 6.42 Å². The third-order valence-electron chi connectivity index (χ3n) is 5.63. The third-order valence-corrected chi connectivity index (χ3v) is 5.88. The molecule has 4 nitrogen and oxygen atoms in total. The van der Waals surface area contributed by atoms with Crippen molar-refractivity contribution < 1.29 is 15.0 Å². The number of carboxylic acids is 1. The van der Waals surface area contributed by atoms with Crippen molar-refractivity contribution in [3.63, 3.8) is 0 Å². The zero-order valence-corrected chi connectivity index (χ0v) is 19.0. The second-order valence-electron chi connectivity index (χ2n) is 8.12. The van der Waals surface area contributed by atoms with E-state index in [2.05, 4.69) is 16.8 Å². The maximum atomic E-state index is 11.6. The number of rotatable bonds is 4. The van der Waals surface area contributed by atoms with Gasteiger partial charge in [-0.25, -0.2) is 0 Å². The minimum atomic E-state index is -1.33. The van der Waals surface area contributed by atoms with Crippen molar-refractivity contribution in [1.29, 1.82) is 0 Å². The monoisotopic (exact) mass is 455 g/mol. The second kappa shape index (κ2) is 9.07. The van der Waals surface area contributed by atoms with E-state index in [-0.39, 0.29) is 6.42 Å². The lowest BCUT2D eigenvalue weighted by Crippen LogP contribution is -2.18. The molecule has 0 bridgehead atoms. The van der Waals surface area contributed by atoms with E-state index in [0.717, 1.165) is 38.6 Å². The lowest BCUT2D eigenvalue weighted by atomic mass is 9.88. The van der Waals surface area contributed by atoms with Crippen LogP contribution in [-0.2, 0) is 16.8 Å². The number of hydrogen-bond donors (Lipinski definition) is 2. The minimum Gasteiger partial charge on any atom is -0.481 e. The van der Waals surface area contributed by atoms with Crippen LogP contribution in [-0.4, -0.2) is 21.2 Å². The van der Waals surface area contributed by atoms with Crippen LogP contribution in [0.15, 0.2) is 73.1 Å². The summed E-state index contributed by atoms with van der Waals surface area (Å²) in [5.41, 5.74) is 3.45. The number of carboxylic acid groups (broad SMARTS) is 1. The summed E-state index contributed by atoms with van der Waals surface area (Å²) >= 11 is 6.09. The highest BCUT2D eigenvalue weighted by Gasteiger charge is 2.20. The van der Waals surface area contributed by atoms with Gasteiger partial charge in [-0.05, 0) is 88.8 Å². The lowest BCUT2D eigenvalue weighted by Gasteiger charge is -2.17. The number of aliphatic hydroxyl groups is 1. The van der Waals surface area contributed by atoms with E-state index >= 15 is 0 Å². The van der Waals surface area contributed by atoms with Gasteiger partial charge in [0.15, 0.2) is 0 Å². The van der Waals surface area contributed by atoms with Crippen molar-refractivity contribution in [2.45, 2.75) is 25.9 Å². The fraction of sp³-hybridized carbons (Fsp3) is 0.143. The van der Waals surface area contributed by atoms with Gasteiger partial charge in [-0.1, -0.05) is 47.7 Å². The van der Waals surface area contributed by atoms with Crippen molar-refractivity contribution in [1.82, 2.24) is 4.98 Å². The summed E-state index contributed by atoms with van der Waals surface area (Å²) in [6.45, 7) is 3.57.